The van der Waals surface area contributed by atoms with Crippen LogP contribution < -0.4 is 4.90 Å². The molecule has 0 atom stereocenters. The molecule has 1 aromatic heterocycles. The fraction of sp³-hybridized carbons (Fsp3) is 0.357. The molecule has 1 fully saturated rings. The van der Waals surface area contributed by atoms with E-state index in [-0.39, 0.29) is 42.9 Å². The minimum absolute atomic E-state index is 0.0701. The van der Waals surface area contributed by atoms with Gasteiger partial charge in [-0.1, -0.05) is 0 Å². The number of carboxylic acid groups (broad SMARTS) is 1. The first-order chi connectivity index (χ1) is 11.7. The van der Waals surface area contributed by atoms with Gasteiger partial charge >= 0.3 is 12.3 Å². The van der Waals surface area contributed by atoms with Crippen LogP contribution in [0.25, 0.3) is 10.9 Å². The van der Waals surface area contributed by atoms with Crippen LogP contribution in [0.2, 0.25) is 0 Å². The molecular formula is C14H11BrF4N4O2. The van der Waals surface area contributed by atoms with E-state index in [2.05, 4.69) is 25.9 Å². The van der Waals surface area contributed by atoms with Crippen LogP contribution in [0, 0.1) is 5.82 Å². The quantitative estimate of drug-likeness (QED) is 0.713. The number of aromatic nitrogens is 2. The summed E-state index contributed by atoms with van der Waals surface area (Å²) in [4.78, 5) is 21.5. The maximum absolute atomic E-state index is 14.4. The predicted molar refractivity (Wildman–Crippen MR) is 84.0 cm³/mol. The molecule has 1 saturated heterocycles. The Morgan fingerprint density at radius 1 is 1.20 bits per heavy atom. The molecular weight excluding hydrogens is 412 g/mol. The number of benzene rings is 1. The number of alkyl halides is 3. The van der Waals surface area contributed by atoms with E-state index in [0.717, 1.165) is 12.4 Å². The highest BCUT2D eigenvalue weighted by atomic mass is 79.9. The first kappa shape index (κ1) is 17.6. The SMILES string of the molecule is O=C(O)N1CCN(c2ncnc3c(F)c(Br)c(C(F)(F)F)cc23)CC1. The molecule has 2 aromatic rings. The molecule has 2 heterocycles. The number of fused-ring (bicyclic) bond motifs is 1. The number of hydrogen-bond donors (Lipinski definition) is 1. The molecule has 1 amide bonds. The molecule has 0 unspecified atom stereocenters. The Bertz CT molecular complexity index is 838. The fourth-order valence-corrected chi connectivity index (χ4v) is 3.22. The van der Waals surface area contributed by atoms with Crippen LogP contribution in [0.4, 0.5) is 28.2 Å². The topological polar surface area (TPSA) is 69.6 Å². The summed E-state index contributed by atoms with van der Waals surface area (Å²) in [5.74, 6) is -0.968. The fourth-order valence-electron chi connectivity index (χ4n) is 2.69. The normalized spacial score (nSPS) is 15.7. The molecule has 0 saturated carbocycles. The van der Waals surface area contributed by atoms with E-state index in [0.29, 0.717) is 0 Å². The molecule has 1 N–H and O–H groups in total. The zero-order valence-corrected chi connectivity index (χ0v) is 14.1. The number of hydrogen-bond acceptors (Lipinski definition) is 4. The summed E-state index contributed by atoms with van der Waals surface area (Å²) in [7, 11) is 0. The summed E-state index contributed by atoms with van der Waals surface area (Å²) in [5, 5.41) is 8.89. The third-order valence-corrected chi connectivity index (χ3v) is 4.72. The number of halogens is 5. The van der Waals surface area contributed by atoms with Crippen LogP contribution in [0.3, 0.4) is 0 Å². The second-order valence-corrected chi connectivity index (χ2v) is 6.19. The van der Waals surface area contributed by atoms with Gasteiger partial charge in [0.05, 0.1) is 10.0 Å². The van der Waals surface area contributed by atoms with Crippen LogP contribution in [0.1, 0.15) is 5.56 Å². The van der Waals surface area contributed by atoms with Crippen molar-refractivity contribution in [2.24, 2.45) is 0 Å². The Morgan fingerprint density at radius 2 is 1.84 bits per heavy atom. The molecule has 0 aliphatic carbocycles. The Balaban J connectivity index is 2.08. The number of nitrogens with zero attached hydrogens (tertiary/aromatic N) is 4. The highest BCUT2D eigenvalue weighted by Crippen LogP contribution is 2.40. The van der Waals surface area contributed by atoms with Gasteiger partial charge in [0.15, 0.2) is 5.82 Å². The van der Waals surface area contributed by atoms with Crippen molar-refractivity contribution in [2.45, 2.75) is 6.18 Å². The average Bonchev–Trinajstić information content (AvgIpc) is 2.56. The van der Waals surface area contributed by atoms with Crippen LogP contribution in [0.15, 0.2) is 16.9 Å². The highest BCUT2D eigenvalue weighted by Gasteiger charge is 2.36. The van der Waals surface area contributed by atoms with Crippen molar-refractivity contribution in [2.75, 3.05) is 31.1 Å². The molecule has 0 spiro atoms. The highest BCUT2D eigenvalue weighted by molar-refractivity contribution is 9.10. The standard InChI is InChI=1S/C14H11BrF4N4O2/c15-9-8(14(17,18)19)5-7-11(10(9)16)20-6-21-12(7)22-1-3-23(4-2-22)13(24)25/h5-6H,1-4H2,(H,24,25). The molecule has 1 aliphatic heterocycles. The molecule has 134 valence electrons. The second-order valence-electron chi connectivity index (χ2n) is 5.40. The van der Waals surface area contributed by atoms with Crippen molar-refractivity contribution < 1.29 is 27.5 Å². The van der Waals surface area contributed by atoms with Crippen molar-refractivity contribution in [1.82, 2.24) is 14.9 Å². The van der Waals surface area contributed by atoms with Gasteiger partial charge in [-0.3, -0.25) is 0 Å². The maximum atomic E-state index is 14.4. The number of piperazine rings is 1. The third kappa shape index (κ3) is 3.20. The number of amides is 1. The summed E-state index contributed by atoms with van der Waals surface area (Å²) in [6.07, 6.45) is -4.74. The van der Waals surface area contributed by atoms with Crippen molar-refractivity contribution in [3.05, 3.63) is 28.2 Å². The molecule has 6 nitrogen and oxygen atoms in total. The minimum Gasteiger partial charge on any atom is -0.465 e. The molecule has 11 heteroatoms. The maximum Gasteiger partial charge on any atom is 0.417 e. The number of carbonyl (C=O) groups is 1. The van der Waals surface area contributed by atoms with Crippen molar-refractivity contribution in [1.29, 1.82) is 0 Å². The molecule has 3 rings (SSSR count). The lowest BCUT2D eigenvalue weighted by Crippen LogP contribution is -2.48. The smallest absolute Gasteiger partial charge is 0.417 e. The number of anilines is 1. The van der Waals surface area contributed by atoms with E-state index in [1.165, 1.54) is 4.90 Å². The van der Waals surface area contributed by atoms with Gasteiger partial charge in [-0.15, -0.1) is 0 Å². The largest absolute Gasteiger partial charge is 0.465 e. The summed E-state index contributed by atoms with van der Waals surface area (Å²) in [6.45, 7) is 0.812. The van der Waals surface area contributed by atoms with Crippen molar-refractivity contribution in [3.8, 4) is 0 Å². The first-order valence-corrected chi connectivity index (χ1v) is 7.92. The van der Waals surface area contributed by atoms with Crippen LogP contribution in [0.5, 0.6) is 0 Å². The molecule has 0 bridgehead atoms. The monoisotopic (exact) mass is 422 g/mol. The third-order valence-electron chi connectivity index (χ3n) is 3.94. The van der Waals surface area contributed by atoms with Crippen LogP contribution >= 0.6 is 15.9 Å². The van der Waals surface area contributed by atoms with Gasteiger partial charge < -0.3 is 14.9 Å². The predicted octanol–water partition coefficient (Wildman–Crippen LogP) is 3.35. The lowest BCUT2D eigenvalue weighted by Gasteiger charge is -2.34. The molecule has 0 radical (unpaired) electrons. The Hall–Kier alpha value is -2.17. The van der Waals surface area contributed by atoms with Crippen LogP contribution in [-0.2, 0) is 6.18 Å². The molecule has 1 aliphatic rings. The van der Waals surface area contributed by atoms with Gasteiger partial charge in [0.25, 0.3) is 0 Å². The van der Waals surface area contributed by atoms with E-state index >= 15 is 0 Å². The van der Waals surface area contributed by atoms with Gasteiger partial charge in [-0.05, 0) is 22.0 Å². The van der Waals surface area contributed by atoms with E-state index in [9.17, 15) is 22.4 Å². The average molecular weight is 423 g/mol. The first-order valence-electron chi connectivity index (χ1n) is 7.13. The van der Waals surface area contributed by atoms with E-state index in [4.69, 9.17) is 5.11 Å². The summed E-state index contributed by atoms with van der Waals surface area (Å²) in [6, 6.07) is 0.807. The zero-order chi connectivity index (χ0) is 18.4. The van der Waals surface area contributed by atoms with Crippen molar-refractivity contribution in [3.63, 3.8) is 0 Å². The van der Waals surface area contributed by atoms with Gasteiger partial charge in [-0.25, -0.2) is 19.2 Å². The van der Waals surface area contributed by atoms with E-state index < -0.39 is 28.1 Å². The summed E-state index contributed by atoms with van der Waals surface area (Å²) >= 11 is 2.64. The van der Waals surface area contributed by atoms with Gasteiger partial charge in [0.2, 0.25) is 0 Å². The lowest BCUT2D eigenvalue weighted by molar-refractivity contribution is -0.138. The van der Waals surface area contributed by atoms with Crippen LogP contribution in [-0.4, -0.2) is 52.2 Å². The Morgan fingerprint density at radius 3 is 2.40 bits per heavy atom. The minimum atomic E-state index is -4.75. The second kappa shape index (κ2) is 6.28. The summed E-state index contributed by atoms with van der Waals surface area (Å²) < 4.78 is 53.1. The Labute approximate surface area is 147 Å². The van der Waals surface area contributed by atoms with Gasteiger partial charge in [0.1, 0.15) is 17.7 Å². The zero-order valence-electron chi connectivity index (χ0n) is 12.5. The van der Waals surface area contributed by atoms with Crippen molar-refractivity contribution >= 4 is 38.7 Å². The van der Waals surface area contributed by atoms with Gasteiger partial charge in [0, 0.05) is 31.6 Å². The van der Waals surface area contributed by atoms with E-state index in [1.54, 1.807) is 4.90 Å². The Kier molecular flexibility index (Phi) is 4.43. The molecule has 25 heavy (non-hydrogen) atoms. The van der Waals surface area contributed by atoms with E-state index in [1.807, 2.05) is 0 Å². The lowest BCUT2D eigenvalue weighted by atomic mass is 10.1. The molecule has 1 aromatic carbocycles. The summed E-state index contributed by atoms with van der Waals surface area (Å²) in [5.41, 5.74) is -1.39. The van der Waals surface area contributed by atoms with Gasteiger partial charge in [-0.2, -0.15) is 13.2 Å². The number of rotatable bonds is 1.